The highest BCUT2D eigenvalue weighted by Crippen LogP contribution is 2.35. The Hall–Kier alpha value is -2.33. The lowest BCUT2D eigenvalue weighted by molar-refractivity contribution is 0.146. The summed E-state index contributed by atoms with van der Waals surface area (Å²) in [6.45, 7) is 15.7. The van der Waals surface area contributed by atoms with Gasteiger partial charge in [0.25, 0.3) is 0 Å². The summed E-state index contributed by atoms with van der Waals surface area (Å²) in [4.78, 5) is 2.54. The quantitative estimate of drug-likeness (QED) is 0.361. The SMILES string of the molecule is C=C(NC)c1cc(F)cc(CNc2ccc(C)cc2CCC)c1C(C)N(CC)CC1CCC1. The van der Waals surface area contributed by atoms with Gasteiger partial charge < -0.3 is 10.6 Å². The van der Waals surface area contributed by atoms with Crippen molar-refractivity contribution >= 4 is 11.4 Å². The number of hydrogen-bond acceptors (Lipinski definition) is 3. The van der Waals surface area contributed by atoms with Gasteiger partial charge in [-0.15, -0.1) is 0 Å². The van der Waals surface area contributed by atoms with Crippen molar-refractivity contribution in [2.45, 2.75) is 72.4 Å². The van der Waals surface area contributed by atoms with Gasteiger partial charge in [-0.2, -0.15) is 0 Å². The van der Waals surface area contributed by atoms with Gasteiger partial charge in [0.05, 0.1) is 0 Å². The third kappa shape index (κ3) is 6.17. The molecule has 1 atom stereocenters. The first-order valence-corrected chi connectivity index (χ1v) is 12.6. The molecular weight excluding hydrogens is 409 g/mol. The van der Waals surface area contributed by atoms with Crippen LogP contribution in [0.15, 0.2) is 36.9 Å². The summed E-state index contributed by atoms with van der Waals surface area (Å²) < 4.78 is 14.8. The second kappa shape index (κ2) is 11.7. The average molecular weight is 452 g/mol. The molecule has 0 spiro atoms. The minimum absolute atomic E-state index is 0.182. The van der Waals surface area contributed by atoms with E-state index < -0.39 is 0 Å². The zero-order valence-corrected chi connectivity index (χ0v) is 21.2. The first kappa shape index (κ1) is 25.3. The second-order valence-corrected chi connectivity index (χ2v) is 9.58. The third-order valence-corrected chi connectivity index (χ3v) is 7.20. The lowest BCUT2D eigenvalue weighted by atomic mass is 9.84. The molecule has 1 fully saturated rings. The number of hydrogen-bond donors (Lipinski definition) is 2. The van der Waals surface area contributed by atoms with Crippen molar-refractivity contribution < 1.29 is 4.39 Å². The summed E-state index contributed by atoms with van der Waals surface area (Å²) in [5, 5.41) is 6.79. The highest BCUT2D eigenvalue weighted by Gasteiger charge is 2.27. The molecule has 3 rings (SSSR count). The van der Waals surface area contributed by atoms with Crippen molar-refractivity contribution in [2.75, 3.05) is 25.5 Å². The first-order valence-electron chi connectivity index (χ1n) is 12.6. The normalized spacial score (nSPS) is 14.8. The predicted octanol–water partition coefficient (Wildman–Crippen LogP) is 7.07. The van der Waals surface area contributed by atoms with Gasteiger partial charge in [-0.05, 0) is 80.5 Å². The van der Waals surface area contributed by atoms with Crippen LogP contribution >= 0.6 is 0 Å². The van der Waals surface area contributed by atoms with Crippen LogP contribution in [-0.2, 0) is 13.0 Å². The van der Waals surface area contributed by atoms with E-state index >= 15 is 0 Å². The number of benzene rings is 2. The predicted molar refractivity (Wildman–Crippen MR) is 140 cm³/mol. The van der Waals surface area contributed by atoms with E-state index in [9.17, 15) is 4.39 Å². The van der Waals surface area contributed by atoms with E-state index in [4.69, 9.17) is 0 Å². The minimum atomic E-state index is -0.214. The summed E-state index contributed by atoms with van der Waals surface area (Å²) in [6.07, 6.45) is 6.12. The average Bonchev–Trinajstić information content (AvgIpc) is 2.76. The molecule has 2 aromatic rings. The van der Waals surface area contributed by atoms with Crippen LogP contribution in [-0.4, -0.2) is 25.0 Å². The molecule has 1 unspecified atom stereocenters. The number of nitrogens with one attached hydrogen (secondary N) is 2. The Bertz CT molecular complexity index is 948. The number of aryl methyl sites for hydroxylation is 2. The highest BCUT2D eigenvalue weighted by atomic mass is 19.1. The largest absolute Gasteiger partial charge is 0.388 e. The standard InChI is InChI=1S/C29H42FN3/c1-7-10-24-15-20(3)13-14-28(24)32-18-25-16-26(30)17-27(21(4)31-6)29(25)22(5)33(8-2)19-23-11-9-12-23/h13-17,22-23,31-32H,4,7-12,18-19H2,1-3,5-6H3. The molecule has 2 aromatic carbocycles. The maximum Gasteiger partial charge on any atom is 0.124 e. The van der Waals surface area contributed by atoms with Crippen molar-refractivity contribution in [3.05, 3.63) is 70.5 Å². The molecular formula is C29H42FN3. The smallest absolute Gasteiger partial charge is 0.124 e. The molecule has 0 bridgehead atoms. The molecule has 0 saturated heterocycles. The summed E-state index contributed by atoms with van der Waals surface area (Å²) in [6, 6.07) is 10.1. The van der Waals surface area contributed by atoms with E-state index in [0.717, 1.165) is 54.4 Å². The van der Waals surface area contributed by atoms with Crippen molar-refractivity contribution in [1.29, 1.82) is 0 Å². The molecule has 0 amide bonds. The summed E-state index contributed by atoms with van der Waals surface area (Å²) in [7, 11) is 1.86. The van der Waals surface area contributed by atoms with Crippen LogP contribution in [0.25, 0.3) is 5.70 Å². The van der Waals surface area contributed by atoms with Crippen LogP contribution in [0, 0.1) is 18.7 Å². The monoisotopic (exact) mass is 451 g/mol. The Labute approximate surface area is 200 Å². The molecule has 3 nitrogen and oxygen atoms in total. The van der Waals surface area contributed by atoms with E-state index in [0.29, 0.717) is 6.54 Å². The van der Waals surface area contributed by atoms with Gasteiger partial charge in [0.2, 0.25) is 0 Å². The fourth-order valence-electron chi connectivity index (χ4n) is 5.01. The molecule has 0 aromatic heterocycles. The van der Waals surface area contributed by atoms with Gasteiger partial charge in [0, 0.05) is 43.1 Å². The number of anilines is 1. The zero-order valence-electron chi connectivity index (χ0n) is 21.2. The minimum Gasteiger partial charge on any atom is -0.388 e. The third-order valence-electron chi connectivity index (χ3n) is 7.20. The second-order valence-electron chi connectivity index (χ2n) is 9.58. The fraction of sp³-hybridized carbons (Fsp3) is 0.517. The van der Waals surface area contributed by atoms with E-state index in [2.05, 4.69) is 68.0 Å². The Balaban J connectivity index is 1.96. The molecule has 1 aliphatic carbocycles. The van der Waals surface area contributed by atoms with Crippen LogP contribution in [0.5, 0.6) is 0 Å². The van der Waals surface area contributed by atoms with Gasteiger partial charge in [0.1, 0.15) is 5.82 Å². The van der Waals surface area contributed by atoms with E-state index in [1.807, 2.05) is 7.05 Å². The van der Waals surface area contributed by atoms with Gasteiger partial charge in [-0.3, -0.25) is 4.90 Å². The maximum atomic E-state index is 14.8. The van der Waals surface area contributed by atoms with Crippen molar-refractivity contribution in [2.24, 2.45) is 5.92 Å². The Morgan fingerprint density at radius 2 is 1.94 bits per heavy atom. The highest BCUT2D eigenvalue weighted by molar-refractivity contribution is 5.67. The van der Waals surface area contributed by atoms with Gasteiger partial charge in [-0.25, -0.2) is 4.39 Å². The van der Waals surface area contributed by atoms with Crippen molar-refractivity contribution in [3.8, 4) is 0 Å². The summed E-state index contributed by atoms with van der Waals surface area (Å²) in [5.74, 6) is 0.573. The molecule has 0 aliphatic heterocycles. The van der Waals surface area contributed by atoms with E-state index in [-0.39, 0.29) is 11.9 Å². The molecule has 4 heteroatoms. The van der Waals surface area contributed by atoms with Gasteiger partial charge >= 0.3 is 0 Å². The van der Waals surface area contributed by atoms with Crippen molar-refractivity contribution in [3.63, 3.8) is 0 Å². The molecule has 180 valence electrons. The fourth-order valence-corrected chi connectivity index (χ4v) is 5.01. The Morgan fingerprint density at radius 1 is 1.18 bits per heavy atom. The molecule has 0 heterocycles. The number of nitrogens with zero attached hydrogens (tertiary/aromatic N) is 1. The molecule has 33 heavy (non-hydrogen) atoms. The molecule has 1 aliphatic rings. The lowest BCUT2D eigenvalue weighted by Gasteiger charge is -2.37. The van der Waals surface area contributed by atoms with Crippen LogP contribution in [0.2, 0.25) is 0 Å². The first-order chi connectivity index (χ1) is 15.9. The maximum absolute atomic E-state index is 14.8. The molecule has 1 saturated carbocycles. The number of rotatable bonds is 12. The van der Waals surface area contributed by atoms with Gasteiger partial charge in [-0.1, -0.05) is 51.0 Å². The van der Waals surface area contributed by atoms with Crippen LogP contribution in [0.1, 0.15) is 80.3 Å². The van der Waals surface area contributed by atoms with Crippen molar-refractivity contribution in [1.82, 2.24) is 10.2 Å². The van der Waals surface area contributed by atoms with Gasteiger partial charge in [0.15, 0.2) is 0 Å². The van der Waals surface area contributed by atoms with Crippen LogP contribution in [0.4, 0.5) is 10.1 Å². The topological polar surface area (TPSA) is 27.3 Å². The molecule has 2 N–H and O–H groups in total. The Kier molecular flexibility index (Phi) is 8.96. The summed E-state index contributed by atoms with van der Waals surface area (Å²) >= 11 is 0. The number of halogens is 1. The lowest BCUT2D eigenvalue weighted by Crippen LogP contribution is -2.35. The molecule has 0 radical (unpaired) electrons. The summed E-state index contributed by atoms with van der Waals surface area (Å²) in [5.41, 5.74) is 7.55. The van der Waals surface area contributed by atoms with Crippen LogP contribution in [0.3, 0.4) is 0 Å². The van der Waals surface area contributed by atoms with E-state index in [1.165, 1.54) is 36.0 Å². The zero-order chi connectivity index (χ0) is 24.0. The Morgan fingerprint density at radius 3 is 2.55 bits per heavy atom. The van der Waals surface area contributed by atoms with E-state index in [1.54, 1.807) is 12.1 Å². The van der Waals surface area contributed by atoms with Crippen LogP contribution < -0.4 is 10.6 Å².